The predicted octanol–water partition coefficient (Wildman–Crippen LogP) is 2.69. The standard InChI is InChI=1S/C14H21NO/c1-3-11(4-2)14(16)9-12-7-5-6-8-13(12)10-15/h5-8,11H,3-4,9-10,15H2,1-2H3. The lowest BCUT2D eigenvalue weighted by Crippen LogP contribution is -2.16. The van der Waals surface area contributed by atoms with Gasteiger partial charge in [-0.1, -0.05) is 38.1 Å². The van der Waals surface area contributed by atoms with Crippen LogP contribution in [0.15, 0.2) is 24.3 Å². The molecule has 88 valence electrons. The number of hydrogen-bond donors (Lipinski definition) is 1. The van der Waals surface area contributed by atoms with Gasteiger partial charge in [0, 0.05) is 18.9 Å². The molecule has 1 aromatic rings. The summed E-state index contributed by atoms with van der Waals surface area (Å²) in [5.41, 5.74) is 7.83. The molecule has 0 saturated carbocycles. The molecule has 2 N–H and O–H groups in total. The van der Waals surface area contributed by atoms with E-state index in [4.69, 9.17) is 5.73 Å². The molecule has 1 rings (SSSR count). The van der Waals surface area contributed by atoms with Crippen LogP contribution in [0.25, 0.3) is 0 Å². The van der Waals surface area contributed by atoms with Crippen molar-refractivity contribution in [3.63, 3.8) is 0 Å². The molecule has 0 radical (unpaired) electrons. The van der Waals surface area contributed by atoms with Gasteiger partial charge in [0.2, 0.25) is 0 Å². The fourth-order valence-electron chi connectivity index (χ4n) is 2.01. The minimum absolute atomic E-state index is 0.200. The summed E-state index contributed by atoms with van der Waals surface area (Å²) >= 11 is 0. The van der Waals surface area contributed by atoms with Crippen LogP contribution in [0.3, 0.4) is 0 Å². The van der Waals surface area contributed by atoms with Gasteiger partial charge in [0.1, 0.15) is 5.78 Å². The SMILES string of the molecule is CCC(CC)C(=O)Cc1ccccc1CN. The molecule has 0 aliphatic carbocycles. The van der Waals surface area contributed by atoms with Crippen LogP contribution in [-0.4, -0.2) is 5.78 Å². The smallest absolute Gasteiger partial charge is 0.140 e. The van der Waals surface area contributed by atoms with E-state index in [1.807, 2.05) is 24.3 Å². The molecule has 0 fully saturated rings. The summed E-state index contributed by atoms with van der Waals surface area (Å²) in [6.07, 6.45) is 2.39. The molecule has 2 nitrogen and oxygen atoms in total. The zero-order chi connectivity index (χ0) is 12.0. The van der Waals surface area contributed by atoms with Crippen LogP contribution in [0.4, 0.5) is 0 Å². The van der Waals surface area contributed by atoms with Gasteiger partial charge < -0.3 is 5.73 Å². The highest BCUT2D eigenvalue weighted by Crippen LogP contribution is 2.15. The lowest BCUT2D eigenvalue weighted by molar-refractivity contribution is -0.122. The molecule has 0 saturated heterocycles. The molecular weight excluding hydrogens is 198 g/mol. The van der Waals surface area contributed by atoms with Crippen molar-refractivity contribution < 1.29 is 4.79 Å². The number of carbonyl (C=O) groups excluding carboxylic acids is 1. The molecule has 0 aliphatic heterocycles. The lowest BCUT2D eigenvalue weighted by atomic mass is 9.92. The summed E-state index contributed by atoms with van der Waals surface area (Å²) in [7, 11) is 0. The molecule has 16 heavy (non-hydrogen) atoms. The van der Waals surface area contributed by atoms with Crippen LogP contribution in [0.5, 0.6) is 0 Å². The van der Waals surface area contributed by atoms with Gasteiger partial charge in [0.25, 0.3) is 0 Å². The Morgan fingerprint density at radius 1 is 1.19 bits per heavy atom. The number of benzene rings is 1. The second-order valence-electron chi connectivity index (χ2n) is 4.13. The molecule has 0 atom stereocenters. The second-order valence-corrected chi connectivity index (χ2v) is 4.13. The molecule has 0 spiro atoms. The predicted molar refractivity (Wildman–Crippen MR) is 67.1 cm³/mol. The van der Waals surface area contributed by atoms with Gasteiger partial charge in [-0.05, 0) is 24.0 Å². The molecule has 0 amide bonds. The Labute approximate surface area is 97.9 Å². The van der Waals surface area contributed by atoms with Gasteiger partial charge in [-0.15, -0.1) is 0 Å². The number of hydrogen-bond acceptors (Lipinski definition) is 2. The van der Waals surface area contributed by atoms with E-state index in [1.165, 1.54) is 0 Å². The van der Waals surface area contributed by atoms with Crippen molar-refractivity contribution in [3.05, 3.63) is 35.4 Å². The van der Waals surface area contributed by atoms with E-state index < -0.39 is 0 Å². The number of ketones is 1. The van der Waals surface area contributed by atoms with E-state index in [0.29, 0.717) is 18.7 Å². The first kappa shape index (κ1) is 12.9. The highest BCUT2D eigenvalue weighted by Gasteiger charge is 2.15. The van der Waals surface area contributed by atoms with Crippen molar-refractivity contribution in [2.45, 2.75) is 39.7 Å². The molecule has 0 aromatic heterocycles. The van der Waals surface area contributed by atoms with Gasteiger partial charge in [0.05, 0.1) is 0 Å². The van der Waals surface area contributed by atoms with Gasteiger partial charge in [-0.2, -0.15) is 0 Å². The maximum atomic E-state index is 12.0. The van der Waals surface area contributed by atoms with Crippen molar-refractivity contribution in [1.29, 1.82) is 0 Å². The lowest BCUT2D eigenvalue weighted by Gasteiger charge is -2.12. The van der Waals surface area contributed by atoms with E-state index in [-0.39, 0.29) is 5.92 Å². The van der Waals surface area contributed by atoms with E-state index in [9.17, 15) is 4.79 Å². The number of nitrogens with two attached hydrogens (primary N) is 1. The average molecular weight is 219 g/mol. The van der Waals surface area contributed by atoms with Crippen LogP contribution in [0, 0.1) is 5.92 Å². The highest BCUT2D eigenvalue weighted by atomic mass is 16.1. The molecule has 2 heteroatoms. The van der Waals surface area contributed by atoms with Crippen LogP contribution in [0.1, 0.15) is 37.8 Å². The van der Waals surface area contributed by atoms with Crippen LogP contribution >= 0.6 is 0 Å². The maximum Gasteiger partial charge on any atom is 0.140 e. The van der Waals surface area contributed by atoms with Crippen molar-refractivity contribution in [2.75, 3.05) is 0 Å². The fourth-order valence-corrected chi connectivity index (χ4v) is 2.01. The van der Waals surface area contributed by atoms with Crippen LogP contribution < -0.4 is 5.73 Å². The minimum atomic E-state index is 0.200. The minimum Gasteiger partial charge on any atom is -0.326 e. The molecule has 0 bridgehead atoms. The third kappa shape index (κ3) is 3.17. The summed E-state index contributed by atoms with van der Waals surface area (Å²) in [4.78, 5) is 12.0. The van der Waals surface area contributed by atoms with Gasteiger partial charge in [-0.3, -0.25) is 4.79 Å². The zero-order valence-electron chi connectivity index (χ0n) is 10.2. The van der Waals surface area contributed by atoms with Crippen molar-refractivity contribution in [1.82, 2.24) is 0 Å². The van der Waals surface area contributed by atoms with E-state index >= 15 is 0 Å². The van der Waals surface area contributed by atoms with E-state index in [2.05, 4.69) is 13.8 Å². The third-order valence-electron chi connectivity index (χ3n) is 3.14. The van der Waals surface area contributed by atoms with E-state index in [0.717, 1.165) is 24.0 Å². The zero-order valence-corrected chi connectivity index (χ0v) is 10.2. The topological polar surface area (TPSA) is 43.1 Å². The van der Waals surface area contributed by atoms with Crippen LogP contribution in [0.2, 0.25) is 0 Å². The Balaban J connectivity index is 2.76. The largest absolute Gasteiger partial charge is 0.326 e. The Morgan fingerprint density at radius 2 is 1.75 bits per heavy atom. The normalized spacial score (nSPS) is 10.8. The quantitative estimate of drug-likeness (QED) is 0.799. The maximum absolute atomic E-state index is 12.0. The number of carbonyl (C=O) groups is 1. The monoisotopic (exact) mass is 219 g/mol. The van der Waals surface area contributed by atoms with Crippen molar-refractivity contribution in [2.24, 2.45) is 11.7 Å². The van der Waals surface area contributed by atoms with Gasteiger partial charge in [0.15, 0.2) is 0 Å². The molecular formula is C14H21NO. The third-order valence-corrected chi connectivity index (χ3v) is 3.14. The molecule has 0 heterocycles. The Kier molecular flexibility index (Phi) is 5.20. The molecule has 1 aromatic carbocycles. The fraction of sp³-hybridized carbons (Fsp3) is 0.500. The van der Waals surface area contributed by atoms with Gasteiger partial charge >= 0.3 is 0 Å². The van der Waals surface area contributed by atoms with E-state index in [1.54, 1.807) is 0 Å². The Hall–Kier alpha value is -1.15. The molecule has 0 unspecified atom stereocenters. The first-order chi connectivity index (χ1) is 7.72. The average Bonchev–Trinajstić information content (AvgIpc) is 2.31. The van der Waals surface area contributed by atoms with Crippen molar-refractivity contribution >= 4 is 5.78 Å². The summed E-state index contributed by atoms with van der Waals surface area (Å²) in [6, 6.07) is 7.93. The van der Waals surface area contributed by atoms with Gasteiger partial charge in [-0.25, -0.2) is 0 Å². The second kappa shape index (κ2) is 6.44. The Morgan fingerprint density at radius 3 is 2.25 bits per heavy atom. The Bertz CT molecular complexity index is 342. The number of Topliss-reactive ketones (excluding diaryl/α,β-unsaturated/α-hetero) is 1. The molecule has 0 aliphatic rings. The summed E-state index contributed by atoms with van der Waals surface area (Å²) in [6.45, 7) is 4.65. The highest BCUT2D eigenvalue weighted by molar-refractivity contribution is 5.83. The first-order valence-corrected chi connectivity index (χ1v) is 6.02. The van der Waals surface area contributed by atoms with Crippen LogP contribution in [-0.2, 0) is 17.8 Å². The summed E-state index contributed by atoms with van der Waals surface area (Å²) in [5, 5.41) is 0. The number of rotatable bonds is 6. The van der Waals surface area contributed by atoms with Crippen molar-refractivity contribution in [3.8, 4) is 0 Å². The first-order valence-electron chi connectivity index (χ1n) is 6.02. The summed E-state index contributed by atoms with van der Waals surface area (Å²) in [5.74, 6) is 0.539. The summed E-state index contributed by atoms with van der Waals surface area (Å²) < 4.78 is 0.